The van der Waals surface area contributed by atoms with E-state index in [9.17, 15) is 9.59 Å². The zero-order valence-electron chi connectivity index (χ0n) is 11.7. The Balaban J connectivity index is 2.92. The molecular weight excluding hydrogens is 278 g/mol. The monoisotopic (exact) mass is 295 g/mol. The van der Waals surface area contributed by atoms with E-state index in [1.54, 1.807) is 31.2 Å². The largest absolute Gasteiger partial charge is 0.465 e. The van der Waals surface area contributed by atoms with Crippen LogP contribution in [0.2, 0.25) is 5.02 Å². The summed E-state index contributed by atoms with van der Waals surface area (Å²) in [5.41, 5.74) is 1.33. The number of nitrogens with zero attached hydrogens (tertiary/aromatic N) is 1. The Bertz CT molecular complexity index is 494. The predicted octanol–water partition coefficient (Wildman–Crippen LogP) is 2.84. The van der Waals surface area contributed by atoms with Crippen LogP contribution in [0.15, 0.2) is 30.9 Å². The second kappa shape index (κ2) is 7.70. The highest BCUT2D eigenvalue weighted by atomic mass is 35.5. The third kappa shape index (κ3) is 4.70. The van der Waals surface area contributed by atoms with Crippen LogP contribution in [0.3, 0.4) is 0 Å². The van der Waals surface area contributed by atoms with Gasteiger partial charge in [0, 0.05) is 17.1 Å². The molecule has 1 aromatic carbocycles. The maximum atomic E-state index is 12.4. The Labute approximate surface area is 124 Å². The van der Waals surface area contributed by atoms with E-state index in [0.717, 1.165) is 5.56 Å². The molecule has 0 N–H and O–H groups in total. The summed E-state index contributed by atoms with van der Waals surface area (Å²) in [6, 6.07) is 5.08. The van der Waals surface area contributed by atoms with Gasteiger partial charge < -0.3 is 9.64 Å². The van der Waals surface area contributed by atoms with Crippen molar-refractivity contribution in [3.8, 4) is 0 Å². The van der Waals surface area contributed by atoms with Gasteiger partial charge in [0.15, 0.2) is 0 Å². The zero-order valence-corrected chi connectivity index (χ0v) is 12.4. The van der Waals surface area contributed by atoms with Gasteiger partial charge in [0.25, 0.3) is 5.91 Å². The van der Waals surface area contributed by atoms with Crippen molar-refractivity contribution in [2.24, 2.45) is 0 Å². The SMILES string of the molecule is C=CCN(CC(=O)OCC)C(=O)c1cc(C)cc(Cl)c1. The van der Waals surface area contributed by atoms with Gasteiger partial charge in [0.05, 0.1) is 6.61 Å². The molecule has 0 aliphatic carbocycles. The minimum atomic E-state index is -0.443. The van der Waals surface area contributed by atoms with E-state index < -0.39 is 5.97 Å². The summed E-state index contributed by atoms with van der Waals surface area (Å²) in [6.07, 6.45) is 1.56. The van der Waals surface area contributed by atoms with Crippen LogP contribution in [0.4, 0.5) is 0 Å². The number of ether oxygens (including phenoxy) is 1. The molecule has 0 unspecified atom stereocenters. The third-order valence-electron chi connectivity index (χ3n) is 2.55. The third-order valence-corrected chi connectivity index (χ3v) is 2.77. The second-order valence-electron chi connectivity index (χ2n) is 4.30. The highest BCUT2D eigenvalue weighted by Crippen LogP contribution is 2.16. The molecule has 0 saturated heterocycles. The van der Waals surface area contributed by atoms with E-state index >= 15 is 0 Å². The summed E-state index contributed by atoms with van der Waals surface area (Å²) in [5.74, 6) is -0.718. The van der Waals surface area contributed by atoms with Crippen LogP contribution in [0.1, 0.15) is 22.8 Å². The van der Waals surface area contributed by atoms with Crippen LogP contribution in [0, 0.1) is 6.92 Å². The van der Waals surface area contributed by atoms with Crippen molar-refractivity contribution in [3.63, 3.8) is 0 Å². The molecule has 0 heterocycles. The zero-order chi connectivity index (χ0) is 15.1. The number of rotatable bonds is 6. The van der Waals surface area contributed by atoms with Gasteiger partial charge in [-0.2, -0.15) is 0 Å². The topological polar surface area (TPSA) is 46.6 Å². The van der Waals surface area contributed by atoms with Gasteiger partial charge in [0.2, 0.25) is 0 Å². The molecule has 0 aliphatic heterocycles. The van der Waals surface area contributed by atoms with Crippen molar-refractivity contribution in [2.45, 2.75) is 13.8 Å². The van der Waals surface area contributed by atoms with E-state index in [1.165, 1.54) is 4.90 Å². The van der Waals surface area contributed by atoms with Gasteiger partial charge in [-0.3, -0.25) is 9.59 Å². The van der Waals surface area contributed by atoms with Crippen molar-refractivity contribution in [1.82, 2.24) is 4.90 Å². The number of hydrogen-bond acceptors (Lipinski definition) is 3. The van der Waals surface area contributed by atoms with Crippen LogP contribution in [0.5, 0.6) is 0 Å². The van der Waals surface area contributed by atoms with Gasteiger partial charge in [-0.05, 0) is 37.6 Å². The average Bonchev–Trinajstić information content (AvgIpc) is 2.36. The number of esters is 1. The van der Waals surface area contributed by atoms with Gasteiger partial charge in [-0.1, -0.05) is 17.7 Å². The molecule has 0 saturated carbocycles. The Morgan fingerprint density at radius 2 is 2.10 bits per heavy atom. The number of carbonyl (C=O) groups excluding carboxylic acids is 2. The molecule has 0 spiro atoms. The molecule has 1 rings (SSSR count). The standard InChI is InChI=1S/C15H18ClNO3/c1-4-6-17(10-14(18)20-5-2)15(19)12-7-11(3)8-13(16)9-12/h4,7-9H,1,5-6,10H2,2-3H3. The summed E-state index contributed by atoms with van der Waals surface area (Å²) in [6.45, 7) is 7.61. The average molecular weight is 296 g/mol. The Morgan fingerprint density at radius 1 is 1.40 bits per heavy atom. The van der Waals surface area contributed by atoms with Crippen LogP contribution < -0.4 is 0 Å². The van der Waals surface area contributed by atoms with Gasteiger partial charge in [-0.25, -0.2) is 0 Å². The molecule has 4 nitrogen and oxygen atoms in total. The Morgan fingerprint density at radius 3 is 2.65 bits per heavy atom. The first kappa shape index (κ1) is 16.2. The fourth-order valence-electron chi connectivity index (χ4n) is 1.78. The van der Waals surface area contributed by atoms with Crippen molar-refractivity contribution >= 4 is 23.5 Å². The van der Waals surface area contributed by atoms with Crippen molar-refractivity contribution in [2.75, 3.05) is 19.7 Å². The smallest absolute Gasteiger partial charge is 0.325 e. The first-order valence-corrected chi connectivity index (χ1v) is 6.68. The van der Waals surface area contributed by atoms with Crippen LogP contribution in [0.25, 0.3) is 0 Å². The molecule has 0 fully saturated rings. The highest BCUT2D eigenvalue weighted by molar-refractivity contribution is 6.31. The van der Waals surface area contributed by atoms with Crippen LogP contribution in [-0.4, -0.2) is 36.5 Å². The molecule has 20 heavy (non-hydrogen) atoms. The lowest BCUT2D eigenvalue weighted by atomic mass is 10.1. The normalized spacial score (nSPS) is 9.95. The maximum Gasteiger partial charge on any atom is 0.325 e. The maximum absolute atomic E-state index is 12.4. The molecule has 1 aromatic rings. The second-order valence-corrected chi connectivity index (χ2v) is 4.73. The molecule has 0 aromatic heterocycles. The minimum absolute atomic E-state index is 0.107. The summed E-state index contributed by atoms with van der Waals surface area (Å²) in [7, 11) is 0. The molecule has 0 bridgehead atoms. The van der Waals surface area contributed by atoms with Crippen molar-refractivity contribution in [3.05, 3.63) is 47.0 Å². The van der Waals surface area contributed by atoms with E-state index in [-0.39, 0.29) is 25.6 Å². The predicted molar refractivity (Wildman–Crippen MR) is 78.9 cm³/mol. The summed E-state index contributed by atoms with van der Waals surface area (Å²) < 4.78 is 4.86. The fourth-order valence-corrected chi connectivity index (χ4v) is 2.07. The quantitative estimate of drug-likeness (QED) is 0.599. The Hall–Kier alpha value is -1.81. The summed E-state index contributed by atoms with van der Waals surface area (Å²) >= 11 is 5.95. The van der Waals surface area contributed by atoms with E-state index in [2.05, 4.69) is 6.58 Å². The Kier molecular flexibility index (Phi) is 6.25. The van der Waals surface area contributed by atoms with E-state index in [0.29, 0.717) is 10.6 Å². The number of amides is 1. The number of carbonyl (C=O) groups is 2. The molecule has 108 valence electrons. The minimum Gasteiger partial charge on any atom is -0.465 e. The lowest BCUT2D eigenvalue weighted by molar-refractivity contribution is -0.143. The van der Waals surface area contributed by atoms with Gasteiger partial charge >= 0.3 is 5.97 Å². The summed E-state index contributed by atoms with van der Waals surface area (Å²) in [5, 5.41) is 0.489. The molecule has 0 radical (unpaired) electrons. The molecule has 0 aliphatic rings. The number of aryl methyl sites for hydroxylation is 1. The molecular formula is C15H18ClNO3. The van der Waals surface area contributed by atoms with E-state index in [1.807, 2.05) is 6.92 Å². The van der Waals surface area contributed by atoms with Crippen LogP contribution in [-0.2, 0) is 9.53 Å². The number of hydrogen-bond donors (Lipinski definition) is 0. The first-order valence-electron chi connectivity index (χ1n) is 6.31. The van der Waals surface area contributed by atoms with Gasteiger partial charge in [0.1, 0.15) is 6.54 Å². The lowest BCUT2D eigenvalue weighted by Gasteiger charge is -2.20. The van der Waals surface area contributed by atoms with Gasteiger partial charge in [-0.15, -0.1) is 6.58 Å². The molecule has 1 amide bonds. The number of benzene rings is 1. The van der Waals surface area contributed by atoms with Crippen molar-refractivity contribution in [1.29, 1.82) is 0 Å². The molecule has 5 heteroatoms. The fraction of sp³-hybridized carbons (Fsp3) is 0.333. The first-order chi connectivity index (χ1) is 9.47. The van der Waals surface area contributed by atoms with Crippen LogP contribution >= 0.6 is 11.6 Å². The van der Waals surface area contributed by atoms with Crippen molar-refractivity contribution < 1.29 is 14.3 Å². The molecule has 0 atom stereocenters. The number of halogens is 1. The lowest BCUT2D eigenvalue weighted by Crippen LogP contribution is -2.36. The summed E-state index contributed by atoms with van der Waals surface area (Å²) in [4.78, 5) is 25.3. The van der Waals surface area contributed by atoms with E-state index in [4.69, 9.17) is 16.3 Å². The highest BCUT2D eigenvalue weighted by Gasteiger charge is 2.19.